The number of thiol groups is 1. The Balaban J connectivity index is 2.44. The van der Waals surface area contributed by atoms with Crippen molar-refractivity contribution >= 4 is 22.8 Å². The third-order valence-electron chi connectivity index (χ3n) is 2.21. The van der Waals surface area contributed by atoms with Crippen LogP contribution in [0.15, 0.2) is 29.4 Å². The molecule has 0 saturated heterocycles. The van der Waals surface area contributed by atoms with E-state index in [9.17, 15) is 0 Å². The van der Waals surface area contributed by atoms with E-state index in [2.05, 4.69) is 27.8 Å². The van der Waals surface area contributed by atoms with Crippen LogP contribution < -0.4 is 0 Å². The second-order valence-corrected chi connectivity index (χ2v) is 4.10. The summed E-state index contributed by atoms with van der Waals surface area (Å²) >= 11 is 1.38. The van der Waals surface area contributed by atoms with Crippen molar-refractivity contribution in [2.24, 2.45) is 0 Å². The van der Waals surface area contributed by atoms with Gasteiger partial charge in [0.05, 0.1) is 11.0 Å². The quantitative estimate of drug-likeness (QED) is 0.608. The van der Waals surface area contributed by atoms with Gasteiger partial charge in [0.1, 0.15) is 0 Å². The van der Waals surface area contributed by atoms with Crippen molar-refractivity contribution in [3.8, 4) is 0 Å². The predicted molar refractivity (Wildman–Crippen MR) is 51.9 cm³/mol. The highest BCUT2D eigenvalue weighted by Crippen LogP contribution is 2.29. The SMILES string of the molecule is c1ccc2c(c1)nc1n2CC[SH]1. The minimum Gasteiger partial charge on any atom is -0.319 e. The molecule has 1 aromatic carbocycles. The lowest BCUT2D eigenvalue weighted by Crippen LogP contribution is -1.91. The molecule has 2 aromatic rings. The maximum atomic E-state index is 4.54. The minimum absolute atomic E-state index is 1.14. The Morgan fingerprint density at radius 3 is 3.25 bits per heavy atom. The Bertz CT molecular complexity index is 433. The summed E-state index contributed by atoms with van der Waals surface area (Å²) in [4.78, 5) is 4.54. The topological polar surface area (TPSA) is 17.8 Å². The molecule has 3 heteroatoms. The number of aromatic nitrogens is 2. The van der Waals surface area contributed by atoms with Gasteiger partial charge in [-0.3, -0.25) is 0 Å². The maximum absolute atomic E-state index is 4.54. The van der Waals surface area contributed by atoms with Crippen LogP contribution in [0.5, 0.6) is 0 Å². The van der Waals surface area contributed by atoms with Crippen molar-refractivity contribution in [1.29, 1.82) is 0 Å². The maximum Gasteiger partial charge on any atom is 0.156 e. The number of fused-ring (bicyclic) bond motifs is 3. The molecule has 0 saturated carbocycles. The molecule has 0 unspecified atom stereocenters. The summed E-state index contributed by atoms with van der Waals surface area (Å²) in [6.45, 7) is 1.14. The van der Waals surface area contributed by atoms with E-state index in [4.69, 9.17) is 0 Å². The number of imidazole rings is 1. The summed E-state index contributed by atoms with van der Waals surface area (Å²) in [5.41, 5.74) is 2.43. The van der Waals surface area contributed by atoms with Crippen LogP contribution in [0.1, 0.15) is 0 Å². The van der Waals surface area contributed by atoms with E-state index in [1.54, 1.807) is 0 Å². The zero-order valence-corrected chi connectivity index (χ0v) is 7.46. The van der Waals surface area contributed by atoms with E-state index < -0.39 is 0 Å². The Kier molecular flexibility index (Phi) is 1.23. The predicted octanol–water partition coefficient (Wildman–Crippen LogP) is 1.87. The molecule has 1 radical (unpaired) electrons. The number of hydrogen-bond acceptors (Lipinski definition) is 1. The van der Waals surface area contributed by atoms with Gasteiger partial charge in [0, 0.05) is 12.3 Å². The number of nitrogens with zero attached hydrogens (tertiary/aromatic N) is 2. The first-order chi connectivity index (χ1) is 5.95. The van der Waals surface area contributed by atoms with Crippen molar-refractivity contribution in [3.63, 3.8) is 0 Å². The second kappa shape index (κ2) is 2.26. The van der Waals surface area contributed by atoms with Crippen LogP contribution in [-0.2, 0) is 6.54 Å². The van der Waals surface area contributed by atoms with Gasteiger partial charge in [0.15, 0.2) is 5.16 Å². The largest absolute Gasteiger partial charge is 0.319 e. The molecule has 2 heterocycles. The number of aryl methyl sites for hydroxylation is 1. The lowest BCUT2D eigenvalue weighted by Gasteiger charge is -1.94. The van der Waals surface area contributed by atoms with Gasteiger partial charge >= 0.3 is 0 Å². The fourth-order valence-corrected chi connectivity index (χ4v) is 2.71. The molecule has 0 fully saturated rings. The van der Waals surface area contributed by atoms with Gasteiger partial charge in [-0.05, 0) is 12.1 Å². The van der Waals surface area contributed by atoms with Gasteiger partial charge < -0.3 is 4.57 Å². The van der Waals surface area contributed by atoms with Crippen LogP contribution in [-0.4, -0.2) is 15.3 Å². The fourth-order valence-electron chi connectivity index (χ4n) is 1.65. The average Bonchev–Trinajstić information content (AvgIpc) is 2.62. The minimum atomic E-state index is 1.14. The zero-order valence-electron chi connectivity index (χ0n) is 6.57. The molecule has 0 atom stereocenters. The van der Waals surface area contributed by atoms with Crippen molar-refractivity contribution in [2.75, 3.05) is 5.75 Å². The van der Waals surface area contributed by atoms with Gasteiger partial charge in [0.25, 0.3) is 0 Å². The van der Waals surface area contributed by atoms with Crippen molar-refractivity contribution in [1.82, 2.24) is 9.55 Å². The molecule has 1 aliphatic rings. The molecule has 0 amide bonds. The molecule has 61 valence electrons. The van der Waals surface area contributed by atoms with Gasteiger partial charge in [-0.2, -0.15) is 11.8 Å². The summed E-state index contributed by atoms with van der Waals surface area (Å²) in [7, 11) is 0. The highest BCUT2D eigenvalue weighted by atomic mass is 32.2. The summed E-state index contributed by atoms with van der Waals surface area (Å²) in [5.74, 6) is 1.23. The third-order valence-corrected chi connectivity index (χ3v) is 3.26. The van der Waals surface area contributed by atoms with Gasteiger partial charge in [-0.15, -0.1) is 0 Å². The normalized spacial score (nSPS) is 15.3. The molecule has 1 aromatic heterocycles. The Morgan fingerprint density at radius 1 is 1.33 bits per heavy atom. The van der Waals surface area contributed by atoms with Crippen LogP contribution in [0.4, 0.5) is 0 Å². The van der Waals surface area contributed by atoms with Crippen LogP contribution in [0.2, 0.25) is 0 Å². The fraction of sp³-hybridized carbons (Fsp3) is 0.222. The highest BCUT2D eigenvalue weighted by Gasteiger charge is 2.14. The number of rotatable bonds is 0. The van der Waals surface area contributed by atoms with Crippen molar-refractivity contribution in [2.45, 2.75) is 11.7 Å². The third kappa shape index (κ3) is 0.743. The summed E-state index contributed by atoms with van der Waals surface area (Å²) in [6, 6.07) is 8.34. The van der Waals surface area contributed by atoms with Crippen LogP contribution in [0.3, 0.4) is 0 Å². The first kappa shape index (κ1) is 6.54. The van der Waals surface area contributed by atoms with E-state index in [1.165, 1.54) is 28.2 Å². The molecular formula is C9H9N2S. The average molecular weight is 177 g/mol. The second-order valence-electron chi connectivity index (χ2n) is 2.93. The van der Waals surface area contributed by atoms with Crippen molar-refractivity contribution in [3.05, 3.63) is 24.3 Å². The van der Waals surface area contributed by atoms with Crippen LogP contribution in [0, 0.1) is 0 Å². The lowest BCUT2D eigenvalue weighted by atomic mass is 10.3. The molecule has 0 aliphatic carbocycles. The van der Waals surface area contributed by atoms with E-state index in [0.717, 1.165) is 12.1 Å². The first-order valence-electron chi connectivity index (χ1n) is 4.08. The van der Waals surface area contributed by atoms with Crippen molar-refractivity contribution < 1.29 is 0 Å². The summed E-state index contributed by atoms with van der Waals surface area (Å²) < 4.78 is 2.32. The molecule has 0 bridgehead atoms. The Hall–Kier alpha value is -0.960. The van der Waals surface area contributed by atoms with E-state index >= 15 is 0 Å². The standard InChI is InChI=1S/C9H9N2S/c1-2-4-8-7(3-1)10-9-11(8)5-6-12-9/h1-4,12H,5-6H2. The van der Waals surface area contributed by atoms with E-state index in [0.29, 0.717) is 0 Å². The molecule has 1 aliphatic heterocycles. The van der Waals surface area contributed by atoms with E-state index in [1.807, 2.05) is 6.07 Å². The van der Waals surface area contributed by atoms with E-state index in [-0.39, 0.29) is 0 Å². The highest BCUT2D eigenvalue weighted by molar-refractivity contribution is 7.99. The Morgan fingerprint density at radius 2 is 2.25 bits per heavy atom. The summed E-state index contributed by atoms with van der Waals surface area (Å²) in [6.07, 6.45) is 0. The number of benzene rings is 1. The molecule has 12 heavy (non-hydrogen) atoms. The molecule has 3 rings (SSSR count). The van der Waals surface area contributed by atoms with Crippen LogP contribution in [0.25, 0.3) is 11.0 Å². The van der Waals surface area contributed by atoms with Gasteiger partial charge in [-0.25, -0.2) is 4.98 Å². The number of para-hydroxylation sites is 2. The first-order valence-corrected chi connectivity index (χ1v) is 5.16. The number of hydrogen-bond donors (Lipinski definition) is 1. The molecular weight excluding hydrogens is 168 g/mol. The molecule has 0 spiro atoms. The molecule has 0 N–H and O–H groups in total. The Labute approximate surface area is 74.6 Å². The van der Waals surface area contributed by atoms with Gasteiger partial charge in [-0.1, -0.05) is 12.1 Å². The smallest absolute Gasteiger partial charge is 0.156 e. The summed E-state index contributed by atoms with van der Waals surface area (Å²) in [5, 5.41) is 1.23. The monoisotopic (exact) mass is 177 g/mol. The van der Waals surface area contributed by atoms with Crippen LogP contribution >= 0.6 is 11.8 Å². The lowest BCUT2D eigenvalue weighted by molar-refractivity contribution is 0.743. The van der Waals surface area contributed by atoms with Gasteiger partial charge in [0.2, 0.25) is 0 Å². The zero-order chi connectivity index (χ0) is 7.97. The molecule has 2 nitrogen and oxygen atoms in total.